The van der Waals surface area contributed by atoms with E-state index in [1.54, 1.807) is 6.20 Å². The number of hydrogen-bond donors (Lipinski definition) is 2. The molecule has 1 fully saturated rings. The summed E-state index contributed by atoms with van der Waals surface area (Å²) in [5.74, 6) is 0. The lowest BCUT2D eigenvalue weighted by atomic mass is 10.0. The molecule has 1 aliphatic rings. The lowest BCUT2D eigenvalue weighted by Gasteiger charge is -2.16. The van der Waals surface area contributed by atoms with E-state index >= 15 is 0 Å². The Balaban J connectivity index is 1.43. The van der Waals surface area contributed by atoms with Crippen LogP contribution >= 0.6 is 0 Å². The van der Waals surface area contributed by atoms with Crippen LogP contribution < -0.4 is 5.32 Å². The lowest BCUT2D eigenvalue weighted by molar-refractivity contribution is 0.331. The maximum absolute atomic E-state index is 9.78. The topological polar surface area (TPSA) is 80.6 Å². The van der Waals surface area contributed by atoms with Gasteiger partial charge >= 0.3 is 0 Å². The number of nitriles is 1. The zero-order chi connectivity index (χ0) is 23.5. The number of likely N-dealkylation sites (tertiary alicyclic amines) is 1. The molecule has 1 aliphatic heterocycles. The number of hydrogen-bond acceptors (Lipinski definition) is 5. The van der Waals surface area contributed by atoms with Gasteiger partial charge in [-0.15, -0.1) is 0 Å². The molecule has 4 aromatic rings. The molecule has 0 unspecified atom stereocenters. The predicted octanol–water partition coefficient (Wildman–Crippen LogP) is 5.96. The molecule has 0 spiro atoms. The number of aromatic nitrogens is 3. The number of nitrogens with zero attached hydrogens (tertiary/aromatic N) is 4. The number of aromatic amines is 1. The minimum absolute atomic E-state index is 0.507. The van der Waals surface area contributed by atoms with Crippen molar-refractivity contribution in [3.8, 4) is 6.07 Å². The molecular formula is C28H28N6. The molecular weight excluding hydrogens is 420 g/mol. The third-order valence-corrected chi connectivity index (χ3v) is 6.57. The van der Waals surface area contributed by atoms with Crippen LogP contribution in [0, 0.1) is 25.2 Å². The largest absolute Gasteiger partial charge is 0.361 e. The molecule has 5 rings (SSSR count). The monoisotopic (exact) mass is 448 g/mol. The third kappa shape index (κ3) is 4.43. The van der Waals surface area contributed by atoms with E-state index in [0.29, 0.717) is 5.56 Å². The van der Waals surface area contributed by atoms with Crippen LogP contribution in [0.3, 0.4) is 0 Å². The fraction of sp³-hybridized carbons (Fsp3) is 0.250. The fourth-order valence-electron chi connectivity index (χ4n) is 4.59. The van der Waals surface area contributed by atoms with Crippen LogP contribution in [0.4, 0.5) is 11.4 Å². The van der Waals surface area contributed by atoms with Gasteiger partial charge in [0.25, 0.3) is 0 Å². The normalized spacial score (nSPS) is 14.1. The maximum atomic E-state index is 9.78. The van der Waals surface area contributed by atoms with E-state index in [9.17, 15) is 5.26 Å². The van der Waals surface area contributed by atoms with Gasteiger partial charge in [-0.1, -0.05) is 6.07 Å². The van der Waals surface area contributed by atoms with E-state index in [-0.39, 0.29) is 0 Å². The smallest absolute Gasteiger partial charge is 0.103 e. The number of aryl methyl sites for hydroxylation is 2. The van der Waals surface area contributed by atoms with Gasteiger partial charge in [-0.25, -0.2) is 0 Å². The Bertz CT molecular complexity index is 1390. The number of fused-ring (bicyclic) bond motifs is 1. The summed E-state index contributed by atoms with van der Waals surface area (Å²) in [6, 6.07) is 12.6. The molecule has 1 aromatic carbocycles. The van der Waals surface area contributed by atoms with Crippen molar-refractivity contribution in [2.24, 2.45) is 0 Å². The van der Waals surface area contributed by atoms with Gasteiger partial charge in [-0.3, -0.25) is 14.9 Å². The van der Waals surface area contributed by atoms with Crippen LogP contribution in [0.15, 0.2) is 48.9 Å². The zero-order valence-electron chi connectivity index (χ0n) is 19.6. The van der Waals surface area contributed by atoms with Crippen molar-refractivity contribution in [1.29, 1.82) is 5.26 Å². The van der Waals surface area contributed by atoms with Gasteiger partial charge in [-0.2, -0.15) is 5.26 Å². The van der Waals surface area contributed by atoms with Gasteiger partial charge in [0, 0.05) is 53.0 Å². The first-order valence-electron chi connectivity index (χ1n) is 11.7. The molecule has 34 heavy (non-hydrogen) atoms. The molecule has 0 amide bonds. The minimum Gasteiger partial charge on any atom is -0.361 e. The average Bonchev–Trinajstić information content (AvgIpc) is 3.54. The van der Waals surface area contributed by atoms with Gasteiger partial charge in [0.2, 0.25) is 0 Å². The van der Waals surface area contributed by atoms with Gasteiger partial charge in [-0.05, 0) is 87.3 Å². The van der Waals surface area contributed by atoms with Crippen LogP contribution in [0.2, 0.25) is 0 Å². The molecule has 6 heteroatoms. The van der Waals surface area contributed by atoms with E-state index in [0.717, 1.165) is 51.3 Å². The van der Waals surface area contributed by atoms with E-state index in [2.05, 4.69) is 56.4 Å². The molecule has 2 N–H and O–H groups in total. The molecule has 1 saturated heterocycles. The molecule has 3 aromatic heterocycles. The number of anilines is 2. The van der Waals surface area contributed by atoms with Gasteiger partial charge in [0.15, 0.2) is 0 Å². The summed E-state index contributed by atoms with van der Waals surface area (Å²) in [4.78, 5) is 14.8. The summed E-state index contributed by atoms with van der Waals surface area (Å²) in [7, 11) is 0. The Hall–Kier alpha value is -3.95. The number of H-pyrrole nitrogens is 1. The van der Waals surface area contributed by atoms with E-state index in [1.807, 2.05) is 43.6 Å². The Morgan fingerprint density at radius 1 is 1.06 bits per heavy atom. The SMILES string of the molecule is Cc1ncc(C#N)c(Nc2ccc3[nH]ccc3c2C)c1C=Cc1ccc(CN2CCCC2)cn1. The van der Waals surface area contributed by atoms with Crippen molar-refractivity contribution in [3.05, 3.63) is 82.6 Å². The molecule has 170 valence electrons. The highest BCUT2D eigenvalue weighted by molar-refractivity contribution is 5.90. The van der Waals surface area contributed by atoms with Crippen LogP contribution in [0.25, 0.3) is 23.1 Å². The molecule has 0 bridgehead atoms. The minimum atomic E-state index is 0.507. The zero-order valence-corrected chi connectivity index (χ0v) is 19.6. The lowest BCUT2D eigenvalue weighted by Crippen LogP contribution is -2.18. The first-order chi connectivity index (χ1) is 16.6. The summed E-state index contributed by atoms with van der Waals surface area (Å²) in [5, 5.41) is 14.4. The molecule has 0 saturated carbocycles. The van der Waals surface area contributed by atoms with Gasteiger partial charge < -0.3 is 10.3 Å². The molecule has 0 radical (unpaired) electrons. The number of rotatable bonds is 6. The second-order valence-electron chi connectivity index (χ2n) is 8.87. The van der Waals surface area contributed by atoms with Crippen LogP contribution in [0.5, 0.6) is 0 Å². The number of benzene rings is 1. The highest BCUT2D eigenvalue weighted by atomic mass is 15.1. The second-order valence-corrected chi connectivity index (χ2v) is 8.87. The molecule has 0 aliphatic carbocycles. The average molecular weight is 449 g/mol. The first-order valence-corrected chi connectivity index (χ1v) is 11.7. The van der Waals surface area contributed by atoms with Crippen molar-refractivity contribution >= 4 is 34.4 Å². The van der Waals surface area contributed by atoms with Crippen LogP contribution in [-0.2, 0) is 6.54 Å². The Morgan fingerprint density at radius 3 is 2.68 bits per heavy atom. The van der Waals surface area contributed by atoms with Gasteiger partial charge in [0.1, 0.15) is 6.07 Å². The summed E-state index contributed by atoms with van der Waals surface area (Å²) in [6.45, 7) is 7.36. The Labute approximate surface area is 200 Å². The first kappa shape index (κ1) is 21.9. The van der Waals surface area contributed by atoms with E-state index in [1.165, 1.54) is 31.5 Å². The number of nitrogens with one attached hydrogen (secondary N) is 2. The summed E-state index contributed by atoms with van der Waals surface area (Å²) < 4.78 is 0. The highest BCUT2D eigenvalue weighted by Gasteiger charge is 2.14. The van der Waals surface area contributed by atoms with Crippen molar-refractivity contribution in [2.75, 3.05) is 18.4 Å². The third-order valence-electron chi connectivity index (χ3n) is 6.57. The Kier molecular flexibility index (Phi) is 6.11. The van der Waals surface area contributed by atoms with Crippen molar-refractivity contribution in [1.82, 2.24) is 19.9 Å². The fourth-order valence-corrected chi connectivity index (χ4v) is 4.59. The molecule has 6 nitrogen and oxygen atoms in total. The van der Waals surface area contributed by atoms with Gasteiger partial charge in [0.05, 0.1) is 16.9 Å². The van der Waals surface area contributed by atoms with Crippen molar-refractivity contribution in [2.45, 2.75) is 33.2 Å². The van der Waals surface area contributed by atoms with E-state index < -0.39 is 0 Å². The summed E-state index contributed by atoms with van der Waals surface area (Å²) >= 11 is 0. The second kappa shape index (κ2) is 9.50. The van der Waals surface area contributed by atoms with Crippen molar-refractivity contribution in [3.63, 3.8) is 0 Å². The van der Waals surface area contributed by atoms with Crippen LogP contribution in [-0.4, -0.2) is 32.9 Å². The Morgan fingerprint density at radius 2 is 1.91 bits per heavy atom. The number of pyridine rings is 2. The quantitative estimate of drug-likeness (QED) is 0.381. The van der Waals surface area contributed by atoms with Crippen molar-refractivity contribution < 1.29 is 0 Å². The molecule has 4 heterocycles. The highest BCUT2D eigenvalue weighted by Crippen LogP contribution is 2.32. The summed E-state index contributed by atoms with van der Waals surface area (Å²) in [6.07, 6.45) is 12.1. The standard InChI is InChI=1S/C28H28N6/c1-19-24-11-12-30-27(24)10-9-26(19)33-28-22(15-29)17-31-20(2)25(28)8-7-23-6-5-21(16-32-23)18-34-13-3-4-14-34/h5-12,16-17,30H,3-4,13-14,18H2,1-2H3,(H,31,33). The maximum Gasteiger partial charge on any atom is 0.103 e. The van der Waals surface area contributed by atoms with E-state index in [4.69, 9.17) is 0 Å². The molecule has 0 atom stereocenters. The predicted molar refractivity (Wildman–Crippen MR) is 138 cm³/mol. The van der Waals surface area contributed by atoms with Crippen LogP contribution in [0.1, 0.15) is 46.5 Å². The summed E-state index contributed by atoms with van der Waals surface area (Å²) in [5.41, 5.74) is 8.30.